The zero-order chi connectivity index (χ0) is 13.7. The van der Waals surface area contributed by atoms with Crippen LogP contribution < -0.4 is 5.32 Å². The van der Waals surface area contributed by atoms with Crippen LogP contribution in [0.25, 0.3) is 0 Å². The van der Waals surface area contributed by atoms with Gasteiger partial charge in [0.2, 0.25) is 5.91 Å². The molecule has 0 aliphatic heterocycles. The monoisotopic (exact) mass is 268 g/mol. The predicted octanol–water partition coefficient (Wildman–Crippen LogP) is 1.65. The highest BCUT2D eigenvalue weighted by molar-refractivity contribution is 5.76. The number of carbonyl (C=O) groups excluding carboxylic acids is 1. The number of rotatable bonds is 7. The minimum atomic E-state index is 0.224. The van der Waals surface area contributed by atoms with E-state index in [0.29, 0.717) is 12.5 Å². The molecule has 1 amide bonds. The lowest BCUT2D eigenvalue weighted by atomic mass is 9.97. The largest absolute Gasteiger partial charge is 0.383 e. The number of likely N-dealkylation sites (N-methyl/N-ethyl adjacent to an activating group) is 1. The van der Waals surface area contributed by atoms with Gasteiger partial charge in [0, 0.05) is 32.7 Å². The Labute approximate surface area is 116 Å². The number of methoxy groups -OCH3 is 1. The number of amides is 1. The third-order valence-electron chi connectivity index (χ3n) is 4.83. The lowest BCUT2D eigenvalue weighted by Gasteiger charge is -2.21. The molecular formula is C15H28N2O2. The van der Waals surface area contributed by atoms with Crippen LogP contribution in [0.3, 0.4) is 0 Å². The second-order valence-electron chi connectivity index (χ2n) is 6.15. The molecule has 0 unspecified atom stereocenters. The van der Waals surface area contributed by atoms with Crippen molar-refractivity contribution in [1.82, 2.24) is 10.2 Å². The SMILES string of the molecule is COCCN(C)CCC(=O)N[C@@H]1CC[C@H]2CCC[C@H]21. The van der Waals surface area contributed by atoms with E-state index in [1.54, 1.807) is 7.11 Å². The van der Waals surface area contributed by atoms with Crippen LogP contribution in [0.5, 0.6) is 0 Å². The van der Waals surface area contributed by atoms with Gasteiger partial charge in [-0.25, -0.2) is 0 Å². The molecule has 2 aliphatic rings. The molecule has 4 nitrogen and oxygen atoms in total. The molecule has 1 N–H and O–H groups in total. The van der Waals surface area contributed by atoms with E-state index in [1.807, 2.05) is 7.05 Å². The van der Waals surface area contributed by atoms with Crippen LogP contribution >= 0.6 is 0 Å². The van der Waals surface area contributed by atoms with E-state index in [9.17, 15) is 4.79 Å². The molecule has 0 heterocycles. The molecule has 0 aromatic rings. The Morgan fingerprint density at radius 3 is 2.89 bits per heavy atom. The first kappa shape index (κ1) is 14.8. The summed E-state index contributed by atoms with van der Waals surface area (Å²) in [7, 11) is 3.74. The molecule has 0 radical (unpaired) electrons. The summed E-state index contributed by atoms with van der Waals surface area (Å²) in [5, 5.41) is 3.26. The Balaban J connectivity index is 1.64. The van der Waals surface area contributed by atoms with Crippen LogP contribution in [-0.2, 0) is 9.53 Å². The molecule has 0 bridgehead atoms. The molecule has 0 aromatic heterocycles. The summed E-state index contributed by atoms with van der Waals surface area (Å²) in [6, 6.07) is 0.462. The van der Waals surface area contributed by atoms with Crippen molar-refractivity contribution in [2.45, 2.75) is 44.6 Å². The highest BCUT2D eigenvalue weighted by Gasteiger charge is 2.39. The Hall–Kier alpha value is -0.610. The lowest BCUT2D eigenvalue weighted by Crippen LogP contribution is -2.39. The van der Waals surface area contributed by atoms with Crippen molar-refractivity contribution in [2.24, 2.45) is 11.8 Å². The standard InChI is InChI=1S/C15H28N2O2/c1-17(10-11-19-2)9-8-15(18)16-14-7-6-12-4-3-5-13(12)14/h12-14H,3-11H2,1-2H3,(H,16,18)/t12-,13-,14-/m1/s1. The van der Waals surface area contributed by atoms with Crippen molar-refractivity contribution in [3.05, 3.63) is 0 Å². The van der Waals surface area contributed by atoms with E-state index in [0.717, 1.165) is 31.5 Å². The molecule has 0 saturated heterocycles. The number of nitrogens with one attached hydrogen (secondary N) is 1. The highest BCUT2D eigenvalue weighted by Crippen LogP contribution is 2.43. The highest BCUT2D eigenvalue weighted by atomic mass is 16.5. The number of fused-ring (bicyclic) bond motifs is 1. The zero-order valence-corrected chi connectivity index (χ0v) is 12.4. The maximum atomic E-state index is 12.0. The van der Waals surface area contributed by atoms with Crippen molar-refractivity contribution >= 4 is 5.91 Å². The van der Waals surface area contributed by atoms with Crippen LogP contribution in [-0.4, -0.2) is 50.7 Å². The fourth-order valence-corrected chi connectivity index (χ4v) is 3.67. The summed E-state index contributed by atoms with van der Waals surface area (Å²) in [5.41, 5.74) is 0. The number of ether oxygens (including phenoxy) is 1. The first-order valence-electron chi connectivity index (χ1n) is 7.67. The van der Waals surface area contributed by atoms with Gasteiger partial charge in [-0.2, -0.15) is 0 Å². The summed E-state index contributed by atoms with van der Waals surface area (Å²) in [5.74, 6) is 1.90. The number of carbonyl (C=O) groups is 1. The molecule has 4 heteroatoms. The van der Waals surface area contributed by atoms with E-state index >= 15 is 0 Å². The Morgan fingerprint density at radius 2 is 2.11 bits per heavy atom. The Morgan fingerprint density at radius 1 is 1.26 bits per heavy atom. The van der Waals surface area contributed by atoms with Gasteiger partial charge >= 0.3 is 0 Å². The molecule has 2 fully saturated rings. The fourth-order valence-electron chi connectivity index (χ4n) is 3.67. The Bertz CT molecular complexity index is 296. The summed E-state index contributed by atoms with van der Waals surface area (Å²) in [6.07, 6.45) is 7.19. The van der Waals surface area contributed by atoms with Gasteiger partial charge in [0.1, 0.15) is 0 Å². The second-order valence-corrected chi connectivity index (χ2v) is 6.15. The van der Waals surface area contributed by atoms with Crippen molar-refractivity contribution in [3.63, 3.8) is 0 Å². The summed E-state index contributed by atoms with van der Waals surface area (Å²) in [4.78, 5) is 14.1. The molecule has 2 rings (SSSR count). The van der Waals surface area contributed by atoms with Crippen molar-refractivity contribution in [3.8, 4) is 0 Å². The quantitative estimate of drug-likeness (QED) is 0.763. The first-order valence-corrected chi connectivity index (χ1v) is 7.67. The first-order chi connectivity index (χ1) is 9.20. The second kappa shape index (κ2) is 7.25. The molecule has 110 valence electrons. The topological polar surface area (TPSA) is 41.6 Å². The number of nitrogens with zero attached hydrogens (tertiary/aromatic N) is 1. The van der Waals surface area contributed by atoms with E-state index in [2.05, 4.69) is 10.2 Å². The molecule has 0 spiro atoms. The Kier molecular flexibility index (Phi) is 5.64. The van der Waals surface area contributed by atoms with E-state index in [4.69, 9.17) is 4.74 Å². The molecule has 19 heavy (non-hydrogen) atoms. The third-order valence-corrected chi connectivity index (χ3v) is 4.83. The predicted molar refractivity (Wildman–Crippen MR) is 76.0 cm³/mol. The summed E-state index contributed by atoms with van der Waals surface area (Å²) < 4.78 is 5.03. The number of hydrogen-bond donors (Lipinski definition) is 1. The average Bonchev–Trinajstić information content (AvgIpc) is 2.99. The van der Waals surface area contributed by atoms with Crippen molar-refractivity contribution < 1.29 is 9.53 Å². The van der Waals surface area contributed by atoms with Gasteiger partial charge in [-0.1, -0.05) is 12.8 Å². The van der Waals surface area contributed by atoms with Gasteiger partial charge in [-0.3, -0.25) is 4.79 Å². The van der Waals surface area contributed by atoms with Crippen LogP contribution in [0.15, 0.2) is 0 Å². The number of hydrogen-bond acceptors (Lipinski definition) is 3. The summed E-state index contributed by atoms with van der Waals surface area (Å²) in [6.45, 7) is 2.43. The maximum absolute atomic E-state index is 12.0. The maximum Gasteiger partial charge on any atom is 0.221 e. The summed E-state index contributed by atoms with van der Waals surface area (Å²) >= 11 is 0. The van der Waals surface area contributed by atoms with Gasteiger partial charge in [-0.15, -0.1) is 0 Å². The van der Waals surface area contributed by atoms with Gasteiger partial charge < -0.3 is 15.0 Å². The lowest BCUT2D eigenvalue weighted by molar-refractivity contribution is -0.122. The van der Waals surface area contributed by atoms with E-state index in [-0.39, 0.29) is 5.91 Å². The van der Waals surface area contributed by atoms with Crippen LogP contribution in [0.1, 0.15) is 38.5 Å². The molecule has 2 aliphatic carbocycles. The molecular weight excluding hydrogens is 240 g/mol. The van der Waals surface area contributed by atoms with Gasteiger partial charge in [-0.05, 0) is 38.1 Å². The molecule has 2 saturated carbocycles. The van der Waals surface area contributed by atoms with E-state index < -0.39 is 0 Å². The van der Waals surface area contributed by atoms with Crippen molar-refractivity contribution in [1.29, 1.82) is 0 Å². The van der Waals surface area contributed by atoms with Gasteiger partial charge in [0.25, 0.3) is 0 Å². The minimum absolute atomic E-state index is 0.224. The molecule has 0 aromatic carbocycles. The van der Waals surface area contributed by atoms with Crippen molar-refractivity contribution in [2.75, 3.05) is 33.9 Å². The van der Waals surface area contributed by atoms with Crippen LogP contribution in [0.4, 0.5) is 0 Å². The normalized spacial score (nSPS) is 29.7. The third kappa shape index (κ3) is 4.18. The van der Waals surface area contributed by atoms with Gasteiger partial charge in [0.15, 0.2) is 0 Å². The smallest absolute Gasteiger partial charge is 0.221 e. The fraction of sp³-hybridized carbons (Fsp3) is 0.933. The van der Waals surface area contributed by atoms with Crippen LogP contribution in [0, 0.1) is 11.8 Å². The van der Waals surface area contributed by atoms with E-state index in [1.165, 1.54) is 32.1 Å². The minimum Gasteiger partial charge on any atom is -0.383 e. The van der Waals surface area contributed by atoms with Gasteiger partial charge in [0.05, 0.1) is 6.61 Å². The zero-order valence-electron chi connectivity index (χ0n) is 12.4. The molecule has 3 atom stereocenters. The average molecular weight is 268 g/mol. The van der Waals surface area contributed by atoms with Crippen LogP contribution in [0.2, 0.25) is 0 Å².